The van der Waals surface area contributed by atoms with E-state index in [2.05, 4.69) is 0 Å². The van der Waals surface area contributed by atoms with E-state index in [4.69, 9.17) is 17.3 Å². The predicted octanol–water partition coefficient (Wildman–Crippen LogP) is 2.89. The Bertz CT molecular complexity index is 659. The van der Waals surface area contributed by atoms with Gasteiger partial charge in [-0.3, -0.25) is 4.79 Å². The summed E-state index contributed by atoms with van der Waals surface area (Å²) in [6.07, 6.45) is 0. The average molecular weight is 291 g/mol. The third-order valence-electron chi connectivity index (χ3n) is 3.44. The second-order valence-corrected chi connectivity index (χ2v) is 5.15. The van der Waals surface area contributed by atoms with E-state index >= 15 is 0 Å². The van der Waals surface area contributed by atoms with Crippen LogP contribution in [-0.4, -0.2) is 11.9 Å². The number of amides is 1. The van der Waals surface area contributed by atoms with Gasteiger partial charge < -0.3 is 10.6 Å². The summed E-state index contributed by atoms with van der Waals surface area (Å²) in [6, 6.07) is 12.2. The molecule has 0 aliphatic carbocycles. The molecule has 5 heteroatoms. The van der Waals surface area contributed by atoms with Crippen molar-refractivity contribution in [3.05, 3.63) is 64.9 Å². The zero-order valence-electron chi connectivity index (χ0n) is 10.5. The van der Waals surface area contributed by atoms with Gasteiger partial charge in [0.2, 0.25) is 5.91 Å². The van der Waals surface area contributed by atoms with Gasteiger partial charge in [-0.25, -0.2) is 4.39 Å². The Balaban J connectivity index is 1.97. The number of nitrogens with zero attached hydrogens (tertiary/aromatic N) is 1. The molecule has 1 fully saturated rings. The Hall–Kier alpha value is -1.91. The van der Waals surface area contributed by atoms with E-state index in [1.54, 1.807) is 24.3 Å². The maximum Gasteiger partial charge on any atom is 0.247 e. The first-order chi connectivity index (χ1) is 9.58. The van der Waals surface area contributed by atoms with E-state index in [1.165, 1.54) is 17.0 Å². The topological polar surface area (TPSA) is 46.3 Å². The van der Waals surface area contributed by atoms with Gasteiger partial charge in [0, 0.05) is 10.7 Å². The average Bonchev–Trinajstić information content (AvgIpc) is 2.45. The second kappa shape index (κ2) is 4.89. The summed E-state index contributed by atoms with van der Waals surface area (Å²) in [6.45, 7) is 0. The normalized spacial score (nSPS) is 21.8. The van der Waals surface area contributed by atoms with Gasteiger partial charge in [-0.15, -0.1) is 0 Å². The Morgan fingerprint density at radius 2 is 1.85 bits per heavy atom. The first kappa shape index (κ1) is 13.1. The van der Waals surface area contributed by atoms with Gasteiger partial charge in [0.15, 0.2) is 0 Å². The lowest BCUT2D eigenvalue weighted by atomic mass is 9.88. The fourth-order valence-corrected chi connectivity index (χ4v) is 2.57. The van der Waals surface area contributed by atoms with Crippen molar-refractivity contribution in [3.63, 3.8) is 0 Å². The monoisotopic (exact) mass is 290 g/mol. The first-order valence-corrected chi connectivity index (χ1v) is 6.55. The van der Waals surface area contributed by atoms with Crippen molar-refractivity contribution in [2.75, 3.05) is 4.90 Å². The molecular weight excluding hydrogens is 279 g/mol. The molecule has 1 aliphatic heterocycles. The summed E-state index contributed by atoms with van der Waals surface area (Å²) < 4.78 is 13.3. The number of benzene rings is 2. The Morgan fingerprint density at radius 1 is 1.15 bits per heavy atom. The van der Waals surface area contributed by atoms with Gasteiger partial charge in [-0.05, 0) is 35.9 Å². The summed E-state index contributed by atoms with van der Waals surface area (Å²) in [7, 11) is 0. The maximum absolute atomic E-state index is 13.3. The van der Waals surface area contributed by atoms with Crippen LogP contribution in [0.2, 0.25) is 5.02 Å². The zero-order chi connectivity index (χ0) is 14.3. The van der Waals surface area contributed by atoms with E-state index in [0.29, 0.717) is 10.7 Å². The summed E-state index contributed by atoms with van der Waals surface area (Å²) in [5.41, 5.74) is 7.28. The van der Waals surface area contributed by atoms with Gasteiger partial charge in [0.1, 0.15) is 11.9 Å². The summed E-state index contributed by atoms with van der Waals surface area (Å²) in [5, 5.41) is 0.616. The molecule has 2 aromatic carbocycles. The van der Waals surface area contributed by atoms with Crippen molar-refractivity contribution >= 4 is 23.2 Å². The van der Waals surface area contributed by atoms with Crippen molar-refractivity contribution in [1.29, 1.82) is 0 Å². The van der Waals surface area contributed by atoms with Crippen LogP contribution in [0, 0.1) is 5.82 Å². The zero-order valence-corrected chi connectivity index (χ0v) is 11.2. The third-order valence-corrected chi connectivity index (χ3v) is 3.69. The SMILES string of the molecule is N[C@H]1C(=O)N(c2cccc(F)c2)[C@H]1c1ccc(Cl)cc1. The molecule has 1 aliphatic rings. The van der Waals surface area contributed by atoms with Gasteiger partial charge >= 0.3 is 0 Å². The molecule has 0 saturated carbocycles. The van der Waals surface area contributed by atoms with E-state index in [1.807, 2.05) is 12.1 Å². The predicted molar refractivity (Wildman–Crippen MR) is 76.1 cm³/mol. The molecule has 0 radical (unpaired) electrons. The molecule has 1 amide bonds. The largest absolute Gasteiger partial charge is 0.318 e. The summed E-state index contributed by atoms with van der Waals surface area (Å²) in [5.74, 6) is -0.596. The van der Waals surface area contributed by atoms with Gasteiger partial charge in [0.05, 0.1) is 6.04 Å². The number of hydrogen-bond acceptors (Lipinski definition) is 2. The van der Waals surface area contributed by atoms with E-state index in [-0.39, 0.29) is 17.8 Å². The number of β-lactam (4-membered cyclic amide) rings is 1. The van der Waals surface area contributed by atoms with Crippen LogP contribution in [0.5, 0.6) is 0 Å². The minimum atomic E-state index is -0.612. The van der Waals surface area contributed by atoms with Crippen molar-refractivity contribution in [2.45, 2.75) is 12.1 Å². The number of carbonyl (C=O) groups excluding carboxylic acids is 1. The van der Waals surface area contributed by atoms with Crippen molar-refractivity contribution in [3.8, 4) is 0 Å². The van der Waals surface area contributed by atoms with Crippen LogP contribution in [0.1, 0.15) is 11.6 Å². The highest BCUT2D eigenvalue weighted by molar-refractivity contribution is 6.30. The van der Waals surface area contributed by atoms with Crippen LogP contribution in [-0.2, 0) is 4.79 Å². The van der Waals surface area contributed by atoms with E-state index in [9.17, 15) is 9.18 Å². The highest BCUT2D eigenvalue weighted by Crippen LogP contribution is 2.38. The lowest BCUT2D eigenvalue weighted by Gasteiger charge is -2.45. The Labute approximate surface area is 120 Å². The minimum absolute atomic E-state index is 0.212. The molecule has 20 heavy (non-hydrogen) atoms. The van der Waals surface area contributed by atoms with Gasteiger partial charge in [0.25, 0.3) is 0 Å². The lowest BCUT2D eigenvalue weighted by molar-refractivity contribution is -0.126. The third kappa shape index (κ3) is 2.07. The van der Waals surface area contributed by atoms with Crippen molar-refractivity contribution < 1.29 is 9.18 Å². The van der Waals surface area contributed by atoms with Gasteiger partial charge in [-0.1, -0.05) is 29.8 Å². The smallest absolute Gasteiger partial charge is 0.247 e. The number of rotatable bonds is 2. The fraction of sp³-hybridized carbons (Fsp3) is 0.133. The first-order valence-electron chi connectivity index (χ1n) is 6.17. The Morgan fingerprint density at radius 3 is 2.50 bits per heavy atom. The molecule has 0 unspecified atom stereocenters. The Kier molecular flexibility index (Phi) is 3.20. The molecule has 3 rings (SSSR count). The molecule has 1 saturated heterocycles. The highest BCUT2D eigenvalue weighted by Gasteiger charge is 2.46. The van der Waals surface area contributed by atoms with Crippen LogP contribution in [0.4, 0.5) is 10.1 Å². The molecule has 3 nitrogen and oxygen atoms in total. The molecule has 0 spiro atoms. The molecule has 102 valence electrons. The van der Waals surface area contributed by atoms with Crippen molar-refractivity contribution in [1.82, 2.24) is 0 Å². The number of nitrogens with two attached hydrogens (primary N) is 1. The molecule has 0 aromatic heterocycles. The van der Waals surface area contributed by atoms with Crippen LogP contribution in [0.25, 0.3) is 0 Å². The van der Waals surface area contributed by atoms with E-state index in [0.717, 1.165) is 5.56 Å². The van der Waals surface area contributed by atoms with Crippen LogP contribution in [0.3, 0.4) is 0 Å². The van der Waals surface area contributed by atoms with Gasteiger partial charge in [-0.2, -0.15) is 0 Å². The number of hydrogen-bond donors (Lipinski definition) is 1. The second-order valence-electron chi connectivity index (χ2n) is 4.71. The number of carbonyl (C=O) groups is 1. The summed E-state index contributed by atoms with van der Waals surface area (Å²) in [4.78, 5) is 13.5. The van der Waals surface area contributed by atoms with Crippen LogP contribution < -0.4 is 10.6 Å². The van der Waals surface area contributed by atoms with Crippen LogP contribution in [0.15, 0.2) is 48.5 Å². The van der Waals surface area contributed by atoms with E-state index < -0.39 is 6.04 Å². The molecule has 2 atom stereocenters. The molecule has 1 heterocycles. The highest BCUT2D eigenvalue weighted by atomic mass is 35.5. The number of anilines is 1. The fourth-order valence-electron chi connectivity index (χ4n) is 2.44. The molecule has 2 aromatic rings. The number of halogens is 2. The maximum atomic E-state index is 13.3. The quantitative estimate of drug-likeness (QED) is 0.865. The molecule has 2 N–H and O–H groups in total. The minimum Gasteiger partial charge on any atom is -0.318 e. The molecular formula is C15H12ClFN2O. The van der Waals surface area contributed by atoms with Crippen LogP contribution >= 0.6 is 11.6 Å². The van der Waals surface area contributed by atoms with Crippen molar-refractivity contribution in [2.24, 2.45) is 5.73 Å². The molecule has 0 bridgehead atoms. The standard InChI is InChI=1S/C15H12ClFN2O/c16-10-6-4-9(5-7-10)14-13(18)15(20)19(14)12-3-1-2-11(17)8-12/h1-8,13-14H,18H2/t13-,14+/m1/s1. The lowest BCUT2D eigenvalue weighted by Crippen LogP contribution is -2.63. The summed E-state index contributed by atoms with van der Waals surface area (Å²) >= 11 is 5.86.